The van der Waals surface area contributed by atoms with Gasteiger partial charge in [-0.25, -0.2) is 4.39 Å². The Morgan fingerprint density at radius 3 is 2.68 bits per heavy atom. The van der Waals surface area contributed by atoms with Crippen LogP contribution in [0.25, 0.3) is 0 Å². The van der Waals surface area contributed by atoms with Crippen LogP contribution < -0.4 is 10.6 Å². The Balaban J connectivity index is 2.11. The van der Waals surface area contributed by atoms with Crippen molar-refractivity contribution in [2.24, 2.45) is 11.7 Å². The number of nitrogens with zero attached hydrogens (tertiary/aromatic N) is 1. The monoisotopic (exact) mass is 266 g/mol. The SMILES string of the molecule is COCC1CCN(c2ccc(F)cc2[C@H](C)N)CC1. The molecule has 0 saturated carbocycles. The van der Waals surface area contributed by atoms with Gasteiger partial charge in [-0.05, 0) is 49.4 Å². The summed E-state index contributed by atoms with van der Waals surface area (Å²) in [5, 5.41) is 0. The number of hydrogen-bond acceptors (Lipinski definition) is 3. The Morgan fingerprint density at radius 2 is 2.11 bits per heavy atom. The lowest BCUT2D eigenvalue weighted by Gasteiger charge is -2.35. The summed E-state index contributed by atoms with van der Waals surface area (Å²) in [5.74, 6) is 0.422. The van der Waals surface area contributed by atoms with Crippen LogP contribution in [0.3, 0.4) is 0 Å². The summed E-state index contributed by atoms with van der Waals surface area (Å²) in [6.07, 6.45) is 2.23. The smallest absolute Gasteiger partial charge is 0.123 e. The molecule has 2 N–H and O–H groups in total. The fourth-order valence-corrected chi connectivity index (χ4v) is 2.75. The highest BCUT2D eigenvalue weighted by atomic mass is 19.1. The van der Waals surface area contributed by atoms with Crippen molar-refractivity contribution in [3.8, 4) is 0 Å². The topological polar surface area (TPSA) is 38.5 Å². The van der Waals surface area contributed by atoms with Gasteiger partial charge in [0, 0.05) is 38.5 Å². The number of anilines is 1. The highest BCUT2D eigenvalue weighted by molar-refractivity contribution is 5.55. The Labute approximate surface area is 114 Å². The Bertz CT molecular complexity index is 415. The van der Waals surface area contributed by atoms with Crippen LogP contribution in [0.5, 0.6) is 0 Å². The molecule has 0 aliphatic carbocycles. The predicted octanol–water partition coefficient (Wildman–Crippen LogP) is 2.71. The van der Waals surface area contributed by atoms with Crippen LogP contribution in [0.15, 0.2) is 18.2 Å². The quantitative estimate of drug-likeness (QED) is 0.910. The highest BCUT2D eigenvalue weighted by Crippen LogP contribution is 2.30. The van der Waals surface area contributed by atoms with Crippen molar-refractivity contribution in [3.63, 3.8) is 0 Å². The van der Waals surface area contributed by atoms with Crippen LogP contribution in [0.4, 0.5) is 10.1 Å². The van der Waals surface area contributed by atoms with E-state index in [-0.39, 0.29) is 11.9 Å². The molecule has 0 amide bonds. The van der Waals surface area contributed by atoms with E-state index in [0.29, 0.717) is 5.92 Å². The third kappa shape index (κ3) is 3.45. The summed E-state index contributed by atoms with van der Waals surface area (Å²) in [6, 6.07) is 4.77. The second-order valence-corrected chi connectivity index (χ2v) is 5.38. The van der Waals surface area contributed by atoms with Gasteiger partial charge in [-0.1, -0.05) is 0 Å². The molecule has 1 fully saturated rings. The summed E-state index contributed by atoms with van der Waals surface area (Å²) >= 11 is 0. The van der Waals surface area contributed by atoms with Crippen LogP contribution in [0.1, 0.15) is 31.4 Å². The zero-order valence-electron chi connectivity index (χ0n) is 11.7. The van der Waals surface area contributed by atoms with Crippen molar-refractivity contribution in [1.82, 2.24) is 0 Å². The maximum absolute atomic E-state index is 13.3. The van der Waals surface area contributed by atoms with Gasteiger partial charge in [0.1, 0.15) is 5.82 Å². The van der Waals surface area contributed by atoms with Crippen molar-refractivity contribution in [2.45, 2.75) is 25.8 Å². The summed E-state index contributed by atoms with van der Waals surface area (Å²) in [4.78, 5) is 2.31. The molecule has 1 saturated heterocycles. The molecule has 1 aliphatic heterocycles. The number of hydrogen-bond donors (Lipinski definition) is 1. The van der Waals surface area contributed by atoms with E-state index >= 15 is 0 Å². The minimum absolute atomic E-state index is 0.151. The average molecular weight is 266 g/mol. The van der Waals surface area contributed by atoms with Gasteiger partial charge in [-0.15, -0.1) is 0 Å². The first-order valence-electron chi connectivity index (χ1n) is 6.90. The van der Waals surface area contributed by atoms with Crippen molar-refractivity contribution in [2.75, 3.05) is 31.7 Å². The van der Waals surface area contributed by atoms with Crippen molar-refractivity contribution in [1.29, 1.82) is 0 Å². The molecule has 0 bridgehead atoms. The molecule has 1 aliphatic rings. The molecule has 4 heteroatoms. The number of piperidine rings is 1. The van der Waals surface area contributed by atoms with Gasteiger partial charge in [-0.3, -0.25) is 0 Å². The van der Waals surface area contributed by atoms with E-state index in [4.69, 9.17) is 10.5 Å². The number of ether oxygens (including phenoxy) is 1. The average Bonchev–Trinajstić information content (AvgIpc) is 2.40. The first kappa shape index (κ1) is 14.3. The maximum atomic E-state index is 13.3. The lowest BCUT2D eigenvalue weighted by atomic mass is 9.96. The summed E-state index contributed by atoms with van der Waals surface area (Å²) < 4.78 is 18.6. The van der Waals surface area contributed by atoms with E-state index in [9.17, 15) is 4.39 Å². The summed E-state index contributed by atoms with van der Waals surface area (Å²) in [5.41, 5.74) is 7.92. The molecular weight excluding hydrogens is 243 g/mol. The molecule has 0 radical (unpaired) electrons. The number of nitrogens with two attached hydrogens (primary N) is 1. The van der Waals surface area contributed by atoms with Gasteiger partial charge in [0.2, 0.25) is 0 Å². The normalized spacial score (nSPS) is 18.6. The molecule has 0 unspecified atom stereocenters. The molecule has 1 aromatic rings. The fraction of sp³-hybridized carbons (Fsp3) is 0.600. The third-order valence-electron chi connectivity index (χ3n) is 3.84. The summed E-state index contributed by atoms with van der Waals surface area (Å²) in [7, 11) is 1.75. The lowest BCUT2D eigenvalue weighted by Crippen LogP contribution is -2.36. The van der Waals surface area contributed by atoms with E-state index in [1.807, 2.05) is 13.0 Å². The Hall–Kier alpha value is -1.13. The van der Waals surface area contributed by atoms with Gasteiger partial charge in [0.05, 0.1) is 0 Å². The van der Waals surface area contributed by atoms with E-state index in [1.165, 1.54) is 6.07 Å². The van der Waals surface area contributed by atoms with Gasteiger partial charge >= 0.3 is 0 Å². The molecule has 1 aromatic carbocycles. The molecule has 0 aromatic heterocycles. The second-order valence-electron chi connectivity index (χ2n) is 5.38. The molecule has 2 rings (SSSR count). The largest absolute Gasteiger partial charge is 0.384 e. The van der Waals surface area contributed by atoms with Crippen LogP contribution in [-0.4, -0.2) is 26.8 Å². The summed E-state index contributed by atoms with van der Waals surface area (Å²) in [6.45, 7) is 4.70. The Kier molecular flexibility index (Phi) is 4.77. The van der Waals surface area contributed by atoms with E-state index < -0.39 is 0 Å². The van der Waals surface area contributed by atoms with Gasteiger partial charge < -0.3 is 15.4 Å². The molecule has 3 nitrogen and oxygen atoms in total. The molecule has 1 heterocycles. The standard InChI is InChI=1S/C15H23FN2O/c1-11(17)14-9-13(16)3-4-15(14)18-7-5-12(6-8-18)10-19-2/h3-4,9,11-12H,5-8,10,17H2,1-2H3/t11-/m0/s1. The minimum Gasteiger partial charge on any atom is -0.384 e. The van der Waals surface area contributed by atoms with Gasteiger partial charge in [0.15, 0.2) is 0 Å². The highest BCUT2D eigenvalue weighted by Gasteiger charge is 2.21. The number of halogens is 1. The van der Waals surface area contributed by atoms with Gasteiger partial charge in [-0.2, -0.15) is 0 Å². The Morgan fingerprint density at radius 1 is 1.42 bits per heavy atom. The van der Waals surface area contributed by atoms with Crippen molar-refractivity contribution in [3.05, 3.63) is 29.6 Å². The molecule has 1 atom stereocenters. The van der Waals surface area contributed by atoms with Crippen LogP contribution in [-0.2, 0) is 4.74 Å². The maximum Gasteiger partial charge on any atom is 0.123 e. The minimum atomic E-state index is -0.217. The van der Waals surface area contributed by atoms with Crippen molar-refractivity contribution >= 4 is 5.69 Å². The molecule has 106 valence electrons. The van der Waals surface area contributed by atoms with Crippen LogP contribution >= 0.6 is 0 Å². The first-order valence-corrected chi connectivity index (χ1v) is 6.90. The molecule has 19 heavy (non-hydrogen) atoms. The predicted molar refractivity (Wildman–Crippen MR) is 75.8 cm³/mol. The first-order chi connectivity index (χ1) is 9.11. The number of methoxy groups -OCH3 is 1. The number of benzene rings is 1. The van der Waals surface area contributed by atoms with E-state index in [1.54, 1.807) is 13.2 Å². The zero-order valence-corrected chi connectivity index (χ0v) is 11.7. The molecule has 0 spiro atoms. The zero-order chi connectivity index (χ0) is 13.8. The molecular formula is C15H23FN2O. The van der Waals surface area contributed by atoms with Crippen molar-refractivity contribution < 1.29 is 9.13 Å². The second kappa shape index (κ2) is 6.35. The van der Waals surface area contributed by atoms with E-state index in [0.717, 1.165) is 43.8 Å². The van der Waals surface area contributed by atoms with Gasteiger partial charge in [0.25, 0.3) is 0 Å². The fourth-order valence-electron chi connectivity index (χ4n) is 2.75. The van der Waals surface area contributed by atoms with Crippen LogP contribution in [0.2, 0.25) is 0 Å². The lowest BCUT2D eigenvalue weighted by molar-refractivity contribution is 0.139. The number of rotatable bonds is 4. The third-order valence-corrected chi connectivity index (χ3v) is 3.84. The van der Waals surface area contributed by atoms with E-state index in [2.05, 4.69) is 4.90 Å². The van der Waals surface area contributed by atoms with Crippen LogP contribution in [0, 0.1) is 11.7 Å².